The molecule has 12 rings (SSSR count). The second-order valence-electron chi connectivity index (χ2n) is 29.8. The third-order valence-electron chi connectivity index (χ3n) is 19.7. The van der Waals surface area contributed by atoms with Crippen LogP contribution in [0.3, 0.4) is 0 Å². The maximum atomic E-state index is 7.84. The summed E-state index contributed by atoms with van der Waals surface area (Å²) >= 11 is 0. The summed E-state index contributed by atoms with van der Waals surface area (Å²) in [7, 11) is 0. The molecule has 0 atom stereocenters. The van der Waals surface area contributed by atoms with E-state index in [0.29, 0.717) is 0 Å². The summed E-state index contributed by atoms with van der Waals surface area (Å²) < 4.78 is 7.84. The number of rotatable bonds is 3. The fraction of sp³-hybridized carbons (Fsp3) is 0.457. The van der Waals surface area contributed by atoms with E-state index in [9.17, 15) is 0 Å². The molecule has 0 unspecified atom stereocenters. The highest BCUT2D eigenvalue weighted by Gasteiger charge is 2.52. The van der Waals surface area contributed by atoms with Gasteiger partial charge in [0.1, 0.15) is 5.58 Å². The average Bonchev–Trinajstić information content (AvgIpc) is 3.77. The highest BCUT2D eigenvalue weighted by molar-refractivity contribution is 7.00. The maximum absolute atomic E-state index is 7.84. The van der Waals surface area contributed by atoms with Gasteiger partial charge in [-0.15, -0.1) is 0 Å². The molecule has 5 aliphatic rings. The molecule has 74 heavy (non-hydrogen) atoms. The number of anilines is 6. The Morgan fingerprint density at radius 1 is 0.446 bits per heavy atom. The molecule has 0 bridgehead atoms. The average molecular weight is 979 g/mol. The van der Waals surface area contributed by atoms with Crippen LogP contribution >= 0.6 is 0 Å². The number of hydrogen-bond donors (Lipinski definition) is 0. The van der Waals surface area contributed by atoms with Crippen LogP contribution in [0.4, 0.5) is 34.1 Å². The molecule has 382 valence electrons. The molecule has 3 heterocycles. The lowest BCUT2D eigenvalue weighted by Crippen LogP contribution is -2.62. The Labute approximate surface area is 445 Å². The molecular formula is C70H83BN2O. The Kier molecular flexibility index (Phi) is 10.4. The van der Waals surface area contributed by atoms with Gasteiger partial charge in [-0.25, -0.2) is 0 Å². The van der Waals surface area contributed by atoms with Crippen LogP contribution in [0, 0.1) is 0 Å². The monoisotopic (exact) mass is 979 g/mol. The lowest BCUT2D eigenvalue weighted by atomic mass is 9.34. The van der Waals surface area contributed by atoms with E-state index in [0.717, 1.165) is 36.9 Å². The normalized spacial score (nSPS) is 20.3. The summed E-state index contributed by atoms with van der Waals surface area (Å²) in [6.07, 6.45) is 6.94. The lowest BCUT2D eigenvalue weighted by Gasteiger charge is -2.49. The first-order valence-electron chi connectivity index (χ1n) is 28.3. The fourth-order valence-corrected chi connectivity index (χ4v) is 14.5. The van der Waals surface area contributed by atoms with Crippen molar-refractivity contribution in [3.05, 3.63) is 148 Å². The first-order valence-corrected chi connectivity index (χ1v) is 28.3. The maximum Gasteiger partial charge on any atom is 0.297 e. The Hall–Kier alpha value is -5.48. The summed E-state index contributed by atoms with van der Waals surface area (Å²) in [4.78, 5) is 5.46. The number of furan rings is 1. The van der Waals surface area contributed by atoms with E-state index < -0.39 is 0 Å². The van der Waals surface area contributed by atoms with Gasteiger partial charge in [-0.3, -0.25) is 0 Å². The smallest absolute Gasteiger partial charge is 0.297 e. The van der Waals surface area contributed by atoms with Crippen LogP contribution in [-0.4, -0.2) is 6.71 Å². The Bertz CT molecular complexity index is 3490. The molecule has 6 aromatic carbocycles. The molecule has 3 aliphatic carbocycles. The summed E-state index contributed by atoms with van der Waals surface area (Å²) in [6, 6.07) is 41.4. The van der Waals surface area contributed by atoms with E-state index in [4.69, 9.17) is 4.42 Å². The molecule has 0 amide bonds. The highest BCUT2D eigenvalue weighted by atomic mass is 16.3. The highest BCUT2D eigenvalue weighted by Crippen LogP contribution is 2.58. The van der Waals surface area contributed by atoms with Gasteiger partial charge in [0.05, 0.1) is 17.0 Å². The van der Waals surface area contributed by atoms with Crippen molar-refractivity contribution in [1.29, 1.82) is 0 Å². The first kappa shape index (κ1) is 49.4. The van der Waals surface area contributed by atoms with Crippen LogP contribution in [0.5, 0.6) is 0 Å². The van der Waals surface area contributed by atoms with E-state index in [2.05, 4.69) is 238 Å². The summed E-state index contributed by atoms with van der Waals surface area (Å²) in [5.74, 6) is 0. The van der Waals surface area contributed by atoms with Crippen molar-refractivity contribution in [3.8, 4) is 11.1 Å². The number of fused-ring (bicyclic) bond motifs is 10. The zero-order valence-electron chi connectivity index (χ0n) is 48.4. The molecule has 0 N–H and O–H groups in total. The van der Waals surface area contributed by atoms with Gasteiger partial charge in [0.2, 0.25) is 0 Å². The van der Waals surface area contributed by atoms with Crippen molar-refractivity contribution >= 4 is 68.4 Å². The second kappa shape index (κ2) is 15.6. The van der Waals surface area contributed by atoms with Gasteiger partial charge in [-0.05, 0) is 191 Å². The summed E-state index contributed by atoms with van der Waals surface area (Å²) in [5, 5.41) is 1.21. The SMILES string of the molecule is CC(C)(C)c1ccc(N2c3cc(C(C)(C)C)cc4c3B(c3ccc5c(c3N4c3ccc4c(c3)C(C)(C)CCC4(C)C)C(C)(C)CCC5(C)C)c3oc4cc5c(cc4c32)C(C)(C)CCC5(C)C)c(-c2ccccc2)c1. The van der Waals surface area contributed by atoms with Gasteiger partial charge in [-0.1, -0.05) is 179 Å². The van der Waals surface area contributed by atoms with Crippen LogP contribution in [-0.2, 0) is 43.3 Å². The van der Waals surface area contributed by atoms with Crippen molar-refractivity contribution in [2.75, 3.05) is 9.80 Å². The van der Waals surface area contributed by atoms with Gasteiger partial charge in [0.15, 0.2) is 0 Å². The minimum absolute atomic E-state index is 0.0186. The fourth-order valence-electron chi connectivity index (χ4n) is 14.5. The van der Waals surface area contributed by atoms with Crippen molar-refractivity contribution in [1.82, 2.24) is 0 Å². The molecule has 0 saturated carbocycles. The van der Waals surface area contributed by atoms with E-state index in [1.54, 1.807) is 0 Å². The van der Waals surface area contributed by atoms with Gasteiger partial charge in [0.25, 0.3) is 6.71 Å². The van der Waals surface area contributed by atoms with Crippen LogP contribution < -0.4 is 26.4 Å². The summed E-state index contributed by atoms with van der Waals surface area (Å²) in [6.45, 7) is 43.9. The first-order chi connectivity index (χ1) is 34.4. The molecule has 4 heteroatoms. The van der Waals surface area contributed by atoms with Gasteiger partial charge >= 0.3 is 0 Å². The molecule has 0 spiro atoms. The summed E-state index contributed by atoms with van der Waals surface area (Å²) in [5.41, 5.74) is 26.1. The topological polar surface area (TPSA) is 19.6 Å². The molecule has 2 aliphatic heterocycles. The number of hydrogen-bond acceptors (Lipinski definition) is 3. The quantitative estimate of drug-likeness (QED) is 0.165. The predicted molar refractivity (Wildman–Crippen MR) is 319 cm³/mol. The predicted octanol–water partition coefficient (Wildman–Crippen LogP) is 17.8. The molecule has 0 radical (unpaired) electrons. The van der Waals surface area contributed by atoms with Gasteiger partial charge < -0.3 is 14.2 Å². The third-order valence-corrected chi connectivity index (χ3v) is 19.7. The lowest BCUT2D eigenvalue weighted by molar-refractivity contribution is 0.331. The molecule has 7 aromatic rings. The standard InChI is InChI=1S/C70H83BN2O/c1-63(2,3)43-24-29-54(46(36-43)42-22-20-19-21-23-42)73-56-38-44(64(4,5)6)37-55-59(56)71(62-60(73)47-40-51-52(41-57(47)74-62)69(15,16)33-32-68(51,13)14)53-28-27-49-58(70(17,18)35-34-66(49,9)10)61(53)72(55)45-25-26-48-50(39-45)67(11,12)31-30-65(48,7)8/h19-29,36-41H,30-35H2,1-18H3. The van der Waals surface area contributed by atoms with E-state index in [1.807, 2.05) is 0 Å². The van der Waals surface area contributed by atoms with Crippen molar-refractivity contribution in [2.24, 2.45) is 0 Å². The van der Waals surface area contributed by atoms with Crippen molar-refractivity contribution < 1.29 is 4.42 Å². The molecule has 1 aromatic heterocycles. The molecule has 3 nitrogen and oxygen atoms in total. The largest absolute Gasteiger partial charge is 0.468 e. The van der Waals surface area contributed by atoms with Crippen LogP contribution in [0.15, 0.2) is 108 Å². The zero-order valence-corrected chi connectivity index (χ0v) is 48.4. The van der Waals surface area contributed by atoms with Gasteiger partial charge in [0, 0.05) is 33.7 Å². The van der Waals surface area contributed by atoms with Crippen molar-refractivity contribution in [2.45, 2.75) is 206 Å². The van der Waals surface area contributed by atoms with Crippen LogP contribution in [0.2, 0.25) is 0 Å². The Balaban J connectivity index is 1.27. The van der Waals surface area contributed by atoms with Crippen LogP contribution in [0.1, 0.15) is 208 Å². The van der Waals surface area contributed by atoms with Crippen molar-refractivity contribution in [3.63, 3.8) is 0 Å². The Morgan fingerprint density at radius 2 is 0.973 bits per heavy atom. The van der Waals surface area contributed by atoms with E-state index in [1.165, 1.54) is 119 Å². The Morgan fingerprint density at radius 3 is 1.58 bits per heavy atom. The zero-order chi connectivity index (χ0) is 52.8. The minimum Gasteiger partial charge on any atom is -0.468 e. The van der Waals surface area contributed by atoms with Gasteiger partial charge in [-0.2, -0.15) is 0 Å². The van der Waals surface area contributed by atoms with E-state index >= 15 is 0 Å². The molecular weight excluding hydrogens is 896 g/mol. The van der Waals surface area contributed by atoms with Crippen LogP contribution in [0.25, 0.3) is 22.1 Å². The number of nitrogens with zero attached hydrogens (tertiary/aromatic N) is 2. The third kappa shape index (κ3) is 7.25. The van der Waals surface area contributed by atoms with E-state index in [-0.39, 0.29) is 50.0 Å². The number of benzene rings is 6. The minimum atomic E-state index is -0.163. The molecule has 0 saturated heterocycles. The molecule has 0 fully saturated rings. The second-order valence-corrected chi connectivity index (χ2v) is 29.8.